The molecule has 0 amide bonds. The van der Waals surface area contributed by atoms with Gasteiger partial charge in [0.05, 0.1) is 12.1 Å². The second-order valence-electron chi connectivity index (χ2n) is 9.94. The van der Waals surface area contributed by atoms with Crippen molar-refractivity contribution in [2.24, 2.45) is 0 Å². The summed E-state index contributed by atoms with van der Waals surface area (Å²) in [6, 6.07) is 18.6. The van der Waals surface area contributed by atoms with Gasteiger partial charge in [0, 0.05) is 55.9 Å². The quantitative estimate of drug-likeness (QED) is 0.360. The maximum Gasteiger partial charge on any atom is 0.281 e. The molecule has 38 heavy (non-hydrogen) atoms. The third-order valence-corrected chi connectivity index (χ3v) is 9.26. The Bertz CT molecular complexity index is 1720. The Morgan fingerprint density at radius 1 is 1.05 bits per heavy atom. The summed E-state index contributed by atoms with van der Waals surface area (Å²) in [5.74, 6) is 0.552. The molecule has 3 aromatic heterocycles. The van der Waals surface area contributed by atoms with E-state index in [-0.39, 0.29) is 5.92 Å². The van der Waals surface area contributed by atoms with Gasteiger partial charge in [0.25, 0.3) is 10.2 Å². The molecule has 0 atom stereocenters. The first-order chi connectivity index (χ1) is 18.3. The smallest absolute Gasteiger partial charge is 0.281 e. The average molecular weight is 531 g/mol. The molecule has 196 valence electrons. The number of nitrogens with zero attached hydrogens (tertiary/aromatic N) is 7. The molecule has 6 rings (SSSR count). The molecule has 2 N–H and O–H groups in total. The molecule has 10 nitrogen and oxygen atoms in total. The number of rotatable bonds is 6. The van der Waals surface area contributed by atoms with E-state index in [9.17, 15) is 8.42 Å². The molecule has 11 heteroatoms. The minimum Gasteiger partial charge on any atom is -0.382 e. The summed E-state index contributed by atoms with van der Waals surface area (Å²) >= 11 is 0. The van der Waals surface area contributed by atoms with Crippen molar-refractivity contribution in [3.63, 3.8) is 0 Å². The molecule has 1 aliphatic heterocycles. The Morgan fingerprint density at radius 2 is 1.82 bits per heavy atom. The monoisotopic (exact) mass is 530 g/mol. The number of hydrogen-bond donors (Lipinski definition) is 1. The third-order valence-electron chi connectivity index (χ3n) is 7.32. The van der Waals surface area contributed by atoms with Crippen molar-refractivity contribution in [2.75, 3.05) is 32.9 Å². The lowest BCUT2D eigenvalue weighted by atomic mass is 9.94. The third kappa shape index (κ3) is 4.32. The maximum absolute atomic E-state index is 12.6. The Kier molecular flexibility index (Phi) is 6.13. The molecule has 0 saturated carbocycles. The van der Waals surface area contributed by atoms with Gasteiger partial charge in [-0.25, -0.2) is 9.50 Å². The van der Waals surface area contributed by atoms with Crippen LogP contribution >= 0.6 is 0 Å². The van der Waals surface area contributed by atoms with Gasteiger partial charge in [-0.15, -0.1) is 0 Å². The summed E-state index contributed by atoms with van der Waals surface area (Å²) in [4.78, 5) is 4.26. The van der Waals surface area contributed by atoms with Crippen molar-refractivity contribution in [2.45, 2.75) is 25.3 Å². The Balaban J connectivity index is 1.34. The number of piperidine rings is 1. The van der Waals surface area contributed by atoms with E-state index < -0.39 is 10.2 Å². The van der Waals surface area contributed by atoms with Gasteiger partial charge in [-0.1, -0.05) is 42.5 Å². The van der Waals surface area contributed by atoms with E-state index in [0.717, 1.165) is 33.2 Å². The van der Waals surface area contributed by atoms with E-state index in [1.54, 1.807) is 18.4 Å². The van der Waals surface area contributed by atoms with Crippen molar-refractivity contribution >= 4 is 32.4 Å². The standard InChI is InChI=1S/C27H30N8O2S/c1-32(2)38(36,37)34-12-10-20(11-13-34)25-15-23(26-27(28)29-18-30-35(25)26)21-8-9-22-17-33(31-24(22)14-21)16-19-6-4-3-5-7-19/h3-9,14-15,17-18,20H,10-13,16H2,1-2H3,(H2,28,29,30). The van der Waals surface area contributed by atoms with Crippen molar-refractivity contribution in [3.8, 4) is 11.1 Å². The van der Waals surface area contributed by atoms with Gasteiger partial charge in [-0.05, 0) is 36.1 Å². The molecule has 0 radical (unpaired) electrons. The summed E-state index contributed by atoms with van der Waals surface area (Å²) in [6.07, 6.45) is 4.93. The predicted octanol–water partition coefficient (Wildman–Crippen LogP) is 3.36. The van der Waals surface area contributed by atoms with Crippen LogP contribution in [0.2, 0.25) is 0 Å². The number of nitrogen functional groups attached to an aromatic ring is 1. The molecular weight excluding hydrogens is 500 g/mol. The van der Waals surface area contributed by atoms with Crippen LogP contribution in [0.3, 0.4) is 0 Å². The highest BCUT2D eigenvalue weighted by molar-refractivity contribution is 7.86. The van der Waals surface area contributed by atoms with Crippen LogP contribution in [0.1, 0.15) is 30.0 Å². The summed E-state index contributed by atoms with van der Waals surface area (Å²) < 4.78 is 31.8. The van der Waals surface area contributed by atoms with E-state index in [4.69, 9.17) is 10.8 Å². The van der Waals surface area contributed by atoms with E-state index in [1.165, 1.54) is 16.2 Å². The molecule has 4 heterocycles. The van der Waals surface area contributed by atoms with Gasteiger partial charge < -0.3 is 5.73 Å². The molecule has 5 aromatic rings. The lowest BCUT2D eigenvalue weighted by Crippen LogP contribution is -2.44. The first-order valence-electron chi connectivity index (χ1n) is 12.6. The molecule has 0 unspecified atom stereocenters. The van der Waals surface area contributed by atoms with Crippen LogP contribution in [0.4, 0.5) is 5.82 Å². The minimum absolute atomic E-state index is 0.146. The molecule has 0 aliphatic carbocycles. The van der Waals surface area contributed by atoms with Crippen LogP contribution in [0.15, 0.2) is 67.1 Å². The topological polar surface area (TPSA) is 115 Å². The molecule has 0 spiro atoms. The first-order valence-corrected chi connectivity index (χ1v) is 14.0. The Labute approximate surface area is 221 Å². The van der Waals surface area contributed by atoms with Gasteiger partial charge in [-0.2, -0.15) is 27.2 Å². The summed E-state index contributed by atoms with van der Waals surface area (Å²) in [6.45, 7) is 1.62. The fraction of sp³-hybridized carbons (Fsp3) is 0.296. The zero-order valence-electron chi connectivity index (χ0n) is 21.4. The molecule has 1 saturated heterocycles. The number of anilines is 1. The van der Waals surface area contributed by atoms with Crippen molar-refractivity contribution < 1.29 is 8.42 Å². The summed E-state index contributed by atoms with van der Waals surface area (Å²) in [7, 11) is -0.296. The van der Waals surface area contributed by atoms with Crippen molar-refractivity contribution in [3.05, 3.63) is 78.4 Å². The molecule has 2 aromatic carbocycles. The van der Waals surface area contributed by atoms with Gasteiger partial charge >= 0.3 is 0 Å². The highest BCUT2D eigenvalue weighted by Gasteiger charge is 2.32. The zero-order valence-corrected chi connectivity index (χ0v) is 22.2. The van der Waals surface area contributed by atoms with Crippen LogP contribution in [0.25, 0.3) is 27.5 Å². The molecule has 1 aliphatic rings. The van der Waals surface area contributed by atoms with Crippen LogP contribution < -0.4 is 5.73 Å². The summed E-state index contributed by atoms with van der Waals surface area (Å²) in [5, 5.41) is 10.4. The highest BCUT2D eigenvalue weighted by Crippen LogP contribution is 2.37. The number of nitrogens with two attached hydrogens (primary N) is 1. The van der Waals surface area contributed by atoms with Crippen LogP contribution in [0, 0.1) is 0 Å². The largest absolute Gasteiger partial charge is 0.382 e. The Morgan fingerprint density at radius 3 is 2.55 bits per heavy atom. The zero-order chi connectivity index (χ0) is 26.4. The maximum atomic E-state index is 12.6. The number of hydrogen-bond acceptors (Lipinski definition) is 6. The van der Waals surface area contributed by atoms with Gasteiger partial charge in [0.1, 0.15) is 11.8 Å². The van der Waals surface area contributed by atoms with Gasteiger partial charge in [0.15, 0.2) is 5.82 Å². The number of fused-ring (bicyclic) bond motifs is 2. The highest BCUT2D eigenvalue weighted by atomic mass is 32.2. The molecule has 1 fully saturated rings. The fourth-order valence-electron chi connectivity index (χ4n) is 5.30. The second-order valence-corrected chi connectivity index (χ2v) is 12.1. The van der Waals surface area contributed by atoms with Crippen LogP contribution in [-0.2, 0) is 16.8 Å². The number of aromatic nitrogens is 5. The van der Waals surface area contributed by atoms with Crippen LogP contribution in [0.5, 0.6) is 0 Å². The lowest BCUT2D eigenvalue weighted by molar-refractivity contribution is 0.299. The average Bonchev–Trinajstić information content (AvgIpc) is 3.50. The second kappa shape index (κ2) is 9.50. The number of benzene rings is 2. The predicted molar refractivity (Wildman–Crippen MR) is 148 cm³/mol. The van der Waals surface area contributed by atoms with Gasteiger partial charge in [0.2, 0.25) is 0 Å². The van der Waals surface area contributed by atoms with Crippen molar-refractivity contribution in [1.82, 2.24) is 33.0 Å². The summed E-state index contributed by atoms with van der Waals surface area (Å²) in [5.41, 5.74) is 12.2. The van der Waals surface area contributed by atoms with E-state index in [0.29, 0.717) is 38.3 Å². The minimum atomic E-state index is -3.43. The SMILES string of the molecule is CN(C)S(=O)(=O)N1CCC(c2cc(-c3ccc4cn(Cc5ccccc5)nc4c3)c3c(N)ncnn23)CC1. The lowest BCUT2D eigenvalue weighted by Gasteiger charge is -2.32. The fourth-order valence-corrected chi connectivity index (χ4v) is 6.44. The van der Waals surface area contributed by atoms with E-state index in [1.807, 2.05) is 27.4 Å². The molecule has 0 bridgehead atoms. The van der Waals surface area contributed by atoms with Gasteiger partial charge in [-0.3, -0.25) is 4.68 Å². The molecular formula is C27H30N8O2S. The van der Waals surface area contributed by atoms with Crippen molar-refractivity contribution in [1.29, 1.82) is 0 Å². The van der Waals surface area contributed by atoms with E-state index in [2.05, 4.69) is 52.7 Å². The van der Waals surface area contributed by atoms with Crippen LogP contribution in [-0.4, -0.2) is 68.6 Å². The Hall–Kier alpha value is -3.80. The first kappa shape index (κ1) is 24.5. The normalized spacial score (nSPS) is 15.7. The van der Waals surface area contributed by atoms with E-state index >= 15 is 0 Å².